The summed E-state index contributed by atoms with van der Waals surface area (Å²) in [5.74, 6) is 0.732. The first-order valence-corrected chi connectivity index (χ1v) is 7.61. The average Bonchev–Trinajstić information content (AvgIpc) is 2.38. The van der Waals surface area contributed by atoms with Crippen molar-refractivity contribution >= 4 is 17.6 Å². The standard InChI is InChI=1S/C14H20FN3S/c1-2-13-9-18(3-4-19-13)8-10-5-11(14(16)17)7-12(15)6-10/h5-7,13H,2-4,8-9H2,1H3,(H3,16,17). The second kappa shape index (κ2) is 6.39. The molecule has 0 aliphatic carbocycles. The van der Waals surface area contributed by atoms with Crippen LogP contribution in [-0.2, 0) is 6.54 Å². The highest BCUT2D eigenvalue weighted by atomic mass is 32.2. The Morgan fingerprint density at radius 3 is 3.00 bits per heavy atom. The van der Waals surface area contributed by atoms with Gasteiger partial charge >= 0.3 is 0 Å². The number of amidine groups is 1. The second-order valence-electron chi connectivity index (χ2n) is 4.90. The molecule has 1 atom stereocenters. The fourth-order valence-electron chi connectivity index (χ4n) is 2.33. The van der Waals surface area contributed by atoms with E-state index in [9.17, 15) is 4.39 Å². The van der Waals surface area contributed by atoms with Crippen LogP contribution in [-0.4, -0.2) is 34.8 Å². The van der Waals surface area contributed by atoms with E-state index in [1.807, 2.05) is 17.8 Å². The summed E-state index contributed by atoms with van der Waals surface area (Å²) in [6.07, 6.45) is 1.17. The molecule has 0 bridgehead atoms. The highest BCUT2D eigenvalue weighted by Crippen LogP contribution is 2.22. The molecule has 3 nitrogen and oxygen atoms in total. The van der Waals surface area contributed by atoms with Gasteiger partial charge in [-0.1, -0.05) is 6.92 Å². The molecule has 5 heteroatoms. The lowest BCUT2D eigenvalue weighted by atomic mass is 10.1. The Morgan fingerprint density at radius 1 is 1.53 bits per heavy atom. The molecule has 2 rings (SSSR count). The van der Waals surface area contributed by atoms with Crippen molar-refractivity contribution in [2.24, 2.45) is 5.73 Å². The maximum absolute atomic E-state index is 13.5. The van der Waals surface area contributed by atoms with Gasteiger partial charge in [-0.2, -0.15) is 11.8 Å². The summed E-state index contributed by atoms with van der Waals surface area (Å²) in [6.45, 7) is 5.02. The molecule has 104 valence electrons. The summed E-state index contributed by atoms with van der Waals surface area (Å²) in [7, 11) is 0. The Morgan fingerprint density at radius 2 is 2.32 bits per heavy atom. The zero-order valence-electron chi connectivity index (χ0n) is 11.2. The van der Waals surface area contributed by atoms with Gasteiger partial charge in [0.2, 0.25) is 0 Å². The van der Waals surface area contributed by atoms with Gasteiger partial charge in [-0.25, -0.2) is 4.39 Å². The Hall–Kier alpha value is -1.07. The van der Waals surface area contributed by atoms with Gasteiger partial charge in [-0.15, -0.1) is 0 Å². The van der Waals surface area contributed by atoms with Crippen molar-refractivity contribution in [1.82, 2.24) is 4.90 Å². The van der Waals surface area contributed by atoms with Gasteiger partial charge in [0, 0.05) is 36.2 Å². The first-order valence-electron chi connectivity index (χ1n) is 6.56. The number of halogens is 1. The topological polar surface area (TPSA) is 53.1 Å². The van der Waals surface area contributed by atoms with Crippen LogP contribution in [0.15, 0.2) is 18.2 Å². The Bertz CT molecular complexity index is 464. The molecule has 1 fully saturated rings. The molecule has 0 spiro atoms. The van der Waals surface area contributed by atoms with E-state index in [4.69, 9.17) is 11.1 Å². The number of nitrogen functional groups attached to an aromatic ring is 1. The van der Waals surface area contributed by atoms with Crippen molar-refractivity contribution in [2.75, 3.05) is 18.8 Å². The fraction of sp³-hybridized carbons (Fsp3) is 0.500. The number of hydrogen-bond acceptors (Lipinski definition) is 3. The van der Waals surface area contributed by atoms with Crippen LogP contribution in [0, 0.1) is 11.2 Å². The molecular formula is C14H20FN3S. The molecule has 1 aliphatic rings. The number of nitrogens with one attached hydrogen (secondary N) is 1. The highest BCUT2D eigenvalue weighted by molar-refractivity contribution is 8.00. The summed E-state index contributed by atoms with van der Waals surface area (Å²) in [5.41, 5.74) is 6.79. The normalized spacial score (nSPS) is 20.4. The van der Waals surface area contributed by atoms with Gasteiger partial charge in [0.1, 0.15) is 11.7 Å². The zero-order valence-corrected chi connectivity index (χ0v) is 12.0. The van der Waals surface area contributed by atoms with Crippen LogP contribution in [0.25, 0.3) is 0 Å². The van der Waals surface area contributed by atoms with E-state index >= 15 is 0 Å². The van der Waals surface area contributed by atoms with Crippen molar-refractivity contribution in [1.29, 1.82) is 5.41 Å². The molecule has 1 aliphatic heterocycles. The monoisotopic (exact) mass is 281 g/mol. The average molecular weight is 281 g/mol. The molecular weight excluding hydrogens is 261 g/mol. The third-order valence-corrected chi connectivity index (χ3v) is 4.73. The van der Waals surface area contributed by atoms with Gasteiger partial charge in [0.15, 0.2) is 0 Å². The third-order valence-electron chi connectivity index (χ3n) is 3.35. The van der Waals surface area contributed by atoms with E-state index in [2.05, 4.69) is 11.8 Å². The predicted molar refractivity (Wildman–Crippen MR) is 79.2 cm³/mol. The van der Waals surface area contributed by atoms with Gasteiger partial charge < -0.3 is 5.73 Å². The quantitative estimate of drug-likeness (QED) is 0.658. The molecule has 3 N–H and O–H groups in total. The lowest BCUT2D eigenvalue weighted by molar-refractivity contribution is 0.273. The summed E-state index contributed by atoms with van der Waals surface area (Å²) in [6, 6.07) is 4.66. The van der Waals surface area contributed by atoms with Gasteiger partial charge in [0.05, 0.1) is 0 Å². The molecule has 19 heavy (non-hydrogen) atoms. The summed E-state index contributed by atoms with van der Waals surface area (Å²) < 4.78 is 13.5. The van der Waals surface area contributed by atoms with Crippen molar-refractivity contribution in [3.63, 3.8) is 0 Å². The maximum Gasteiger partial charge on any atom is 0.124 e. The van der Waals surface area contributed by atoms with Crippen LogP contribution in [0.1, 0.15) is 24.5 Å². The number of nitrogens with zero attached hydrogens (tertiary/aromatic N) is 1. The minimum Gasteiger partial charge on any atom is -0.384 e. The lowest BCUT2D eigenvalue weighted by Crippen LogP contribution is -2.37. The van der Waals surface area contributed by atoms with Crippen molar-refractivity contribution in [3.8, 4) is 0 Å². The minimum atomic E-state index is -0.318. The number of hydrogen-bond donors (Lipinski definition) is 2. The zero-order chi connectivity index (χ0) is 13.8. The van der Waals surface area contributed by atoms with Crippen molar-refractivity contribution in [3.05, 3.63) is 35.1 Å². The van der Waals surface area contributed by atoms with E-state index in [-0.39, 0.29) is 11.7 Å². The predicted octanol–water partition coefficient (Wildman–Crippen LogP) is 2.44. The summed E-state index contributed by atoms with van der Waals surface area (Å²) in [4.78, 5) is 2.35. The first-order chi connectivity index (χ1) is 9.08. The molecule has 1 aromatic rings. The van der Waals surface area contributed by atoms with Gasteiger partial charge in [-0.3, -0.25) is 10.3 Å². The molecule has 1 aromatic carbocycles. The molecule has 0 aromatic heterocycles. The summed E-state index contributed by atoms with van der Waals surface area (Å²) >= 11 is 2.02. The SMILES string of the molecule is CCC1CN(Cc2cc(F)cc(C(=N)N)c2)CCS1. The van der Waals surface area contributed by atoms with Gasteiger partial charge in [0.25, 0.3) is 0 Å². The smallest absolute Gasteiger partial charge is 0.124 e. The van der Waals surface area contributed by atoms with Crippen LogP contribution in [0.4, 0.5) is 4.39 Å². The van der Waals surface area contributed by atoms with Crippen LogP contribution < -0.4 is 5.73 Å². The van der Waals surface area contributed by atoms with Crippen LogP contribution in [0.5, 0.6) is 0 Å². The molecule has 1 saturated heterocycles. The third kappa shape index (κ3) is 3.94. The largest absolute Gasteiger partial charge is 0.384 e. The molecule has 0 radical (unpaired) electrons. The van der Waals surface area contributed by atoms with E-state index in [0.717, 1.165) is 31.0 Å². The van der Waals surface area contributed by atoms with E-state index in [0.29, 0.717) is 10.8 Å². The number of thioether (sulfide) groups is 1. The fourth-order valence-corrected chi connectivity index (χ4v) is 3.58. The number of rotatable bonds is 4. The van der Waals surface area contributed by atoms with Gasteiger partial charge in [-0.05, 0) is 30.2 Å². The maximum atomic E-state index is 13.5. The molecule has 0 amide bonds. The van der Waals surface area contributed by atoms with Crippen molar-refractivity contribution in [2.45, 2.75) is 25.1 Å². The minimum absolute atomic E-state index is 0.0821. The highest BCUT2D eigenvalue weighted by Gasteiger charge is 2.19. The van der Waals surface area contributed by atoms with E-state index in [1.54, 1.807) is 0 Å². The molecule has 1 unspecified atom stereocenters. The van der Waals surface area contributed by atoms with Crippen LogP contribution in [0.3, 0.4) is 0 Å². The lowest BCUT2D eigenvalue weighted by Gasteiger charge is -2.31. The Balaban J connectivity index is 2.08. The first kappa shape index (κ1) is 14.3. The van der Waals surface area contributed by atoms with Crippen LogP contribution in [0.2, 0.25) is 0 Å². The van der Waals surface area contributed by atoms with E-state index in [1.165, 1.54) is 18.6 Å². The Labute approximate surface area is 117 Å². The number of nitrogens with two attached hydrogens (primary N) is 1. The molecule has 0 saturated carbocycles. The molecule has 1 heterocycles. The number of benzene rings is 1. The second-order valence-corrected chi connectivity index (χ2v) is 6.31. The van der Waals surface area contributed by atoms with Crippen molar-refractivity contribution < 1.29 is 4.39 Å². The van der Waals surface area contributed by atoms with E-state index < -0.39 is 0 Å². The Kier molecular flexibility index (Phi) is 4.82. The van der Waals surface area contributed by atoms with Crippen LogP contribution >= 0.6 is 11.8 Å². The summed E-state index contributed by atoms with van der Waals surface area (Å²) in [5, 5.41) is 8.08.